The predicted molar refractivity (Wildman–Crippen MR) is 123 cm³/mol. The molecule has 0 bridgehead atoms. The fraction of sp³-hybridized carbons (Fsp3) is 0.333. The van der Waals surface area contributed by atoms with Crippen molar-refractivity contribution in [2.24, 2.45) is 5.92 Å². The number of hydrogen-bond acceptors (Lipinski definition) is 4. The lowest BCUT2D eigenvalue weighted by molar-refractivity contribution is -0.0222. The van der Waals surface area contributed by atoms with Crippen LogP contribution in [0.1, 0.15) is 24.0 Å². The number of rotatable bonds is 8. The van der Waals surface area contributed by atoms with Gasteiger partial charge in [0.15, 0.2) is 0 Å². The van der Waals surface area contributed by atoms with E-state index in [-0.39, 0.29) is 18.3 Å². The van der Waals surface area contributed by atoms with Gasteiger partial charge in [-0.3, -0.25) is 0 Å². The number of piperidine rings is 1. The Kier molecular flexibility index (Phi) is 7.20. The van der Waals surface area contributed by atoms with Crippen molar-refractivity contribution in [2.45, 2.75) is 24.5 Å². The van der Waals surface area contributed by atoms with E-state index in [1.165, 1.54) is 12.1 Å². The van der Waals surface area contributed by atoms with Crippen molar-refractivity contribution in [2.75, 3.05) is 26.2 Å². The van der Waals surface area contributed by atoms with E-state index in [0.29, 0.717) is 12.3 Å². The van der Waals surface area contributed by atoms with Crippen molar-refractivity contribution in [3.05, 3.63) is 102 Å². The molecule has 4 rings (SSSR count). The molecule has 5 heteroatoms. The van der Waals surface area contributed by atoms with Crippen LogP contribution in [0.3, 0.4) is 0 Å². The topological polar surface area (TPSA) is 52.9 Å². The molecule has 4 nitrogen and oxygen atoms in total. The molecular weight excluding hydrogens is 405 g/mol. The number of nitrogens with zero attached hydrogens (tertiary/aromatic N) is 1. The Morgan fingerprint density at radius 1 is 0.875 bits per heavy atom. The molecule has 1 fully saturated rings. The summed E-state index contributed by atoms with van der Waals surface area (Å²) in [5.41, 5.74) is 0.786. The number of likely N-dealkylation sites (tertiary alicyclic amines) is 1. The number of hydrogen-bond donors (Lipinski definition) is 2. The molecular formula is C27H30FNO3. The van der Waals surface area contributed by atoms with E-state index in [2.05, 4.69) is 4.90 Å². The van der Waals surface area contributed by atoms with Gasteiger partial charge in [-0.25, -0.2) is 4.39 Å². The summed E-state index contributed by atoms with van der Waals surface area (Å²) in [5, 5.41) is 22.4. The third-order valence-corrected chi connectivity index (χ3v) is 6.33. The molecule has 0 unspecified atom stereocenters. The second kappa shape index (κ2) is 10.3. The average Bonchev–Trinajstić information content (AvgIpc) is 2.85. The van der Waals surface area contributed by atoms with Crippen LogP contribution in [0, 0.1) is 11.7 Å². The van der Waals surface area contributed by atoms with E-state index in [0.717, 1.165) is 37.1 Å². The lowest BCUT2D eigenvalue weighted by atomic mass is 9.72. The summed E-state index contributed by atoms with van der Waals surface area (Å²) in [5.74, 6) is 0.308. The molecule has 0 spiro atoms. The molecule has 3 aromatic carbocycles. The highest BCUT2D eigenvalue weighted by Gasteiger charge is 2.41. The Balaban J connectivity index is 1.36. The van der Waals surface area contributed by atoms with E-state index in [1.54, 1.807) is 12.1 Å². The Hall–Kier alpha value is -2.73. The van der Waals surface area contributed by atoms with Gasteiger partial charge in [-0.1, -0.05) is 60.7 Å². The minimum atomic E-state index is -1.04. The Labute approximate surface area is 188 Å². The maximum absolute atomic E-state index is 13.0. The average molecular weight is 436 g/mol. The van der Waals surface area contributed by atoms with Crippen LogP contribution in [0.2, 0.25) is 0 Å². The monoisotopic (exact) mass is 435 g/mol. The van der Waals surface area contributed by atoms with Crippen molar-refractivity contribution < 1.29 is 19.3 Å². The zero-order chi connectivity index (χ0) is 22.4. The zero-order valence-electron chi connectivity index (χ0n) is 18.1. The maximum atomic E-state index is 13.0. The summed E-state index contributed by atoms with van der Waals surface area (Å²) in [7, 11) is 0. The maximum Gasteiger partial charge on any atom is 0.123 e. The van der Waals surface area contributed by atoms with Gasteiger partial charge in [0.1, 0.15) is 29.9 Å². The standard InChI is InChI=1S/C27H30FNO3/c28-24-11-13-26(14-12-24)32-20-25(30)19-29-17-15-23(16-18-29)27(31,21-7-3-1-4-8-21)22-9-5-2-6-10-22/h1-14,23,25,30-31H,15-20H2/t25-/m0/s1. The third-order valence-electron chi connectivity index (χ3n) is 6.33. The molecule has 1 saturated heterocycles. The number of halogens is 1. The first-order chi connectivity index (χ1) is 15.6. The second-order valence-electron chi connectivity index (χ2n) is 8.49. The SMILES string of the molecule is O[C@H](COc1ccc(F)cc1)CN1CCC(C(O)(c2ccccc2)c2ccccc2)CC1. The molecule has 3 aromatic rings. The molecule has 1 heterocycles. The first-order valence-electron chi connectivity index (χ1n) is 11.2. The van der Waals surface area contributed by atoms with Gasteiger partial charge in [0.2, 0.25) is 0 Å². The van der Waals surface area contributed by atoms with Crippen molar-refractivity contribution in [1.29, 1.82) is 0 Å². The first kappa shape index (κ1) is 22.5. The van der Waals surface area contributed by atoms with Crippen LogP contribution < -0.4 is 4.74 Å². The van der Waals surface area contributed by atoms with E-state index < -0.39 is 11.7 Å². The molecule has 0 aliphatic carbocycles. The van der Waals surface area contributed by atoms with Gasteiger partial charge in [-0.05, 0) is 67.2 Å². The summed E-state index contributed by atoms with van der Waals surface area (Å²) in [6, 6.07) is 25.6. The molecule has 0 radical (unpaired) electrons. The molecule has 1 aliphatic rings. The van der Waals surface area contributed by atoms with Gasteiger partial charge in [0.25, 0.3) is 0 Å². The largest absolute Gasteiger partial charge is 0.491 e. The van der Waals surface area contributed by atoms with Crippen molar-refractivity contribution in [3.63, 3.8) is 0 Å². The molecule has 0 aromatic heterocycles. The van der Waals surface area contributed by atoms with E-state index in [4.69, 9.17) is 4.74 Å². The summed E-state index contributed by atoms with van der Waals surface area (Å²) >= 11 is 0. The highest BCUT2D eigenvalue weighted by atomic mass is 19.1. The smallest absolute Gasteiger partial charge is 0.123 e. The van der Waals surface area contributed by atoms with Gasteiger partial charge in [0.05, 0.1) is 0 Å². The van der Waals surface area contributed by atoms with Crippen LogP contribution in [0.5, 0.6) is 5.75 Å². The van der Waals surface area contributed by atoms with Crippen LogP contribution in [0.4, 0.5) is 4.39 Å². The highest BCUT2D eigenvalue weighted by Crippen LogP contribution is 2.41. The van der Waals surface area contributed by atoms with Gasteiger partial charge in [0, 0.05) is 6.54 Å². The number of benzene rings is 3. The molecule has 1 aliphatic heterocycles. The van der Waals surface area contributed by atoms with Crippen LogP contribution in [-0.2, 0) is 5.60 Å². The number of ether oxygens (including phenoxy) is 1. The molecule has 2 N–H and O–H groups in total. The van der Waals surface area contributed by atoms with Crippen molar-refractivity contribution >= 4 is 0 Å². The van der Waals surface area contributed by atoms with Crippen molar-refractivity contribution in [1.82, 2.24) is 4.90 Å². The zero-order valence-corrected chi connectivity index (χ0v) is 18.1. The van der Waals surface area contributed by atoms with E-state index in [1.807, 2.05) is 60.7 Å². The fourth-order valence-corrected chi connectivity index (χ4v) is 4.63. The number of β-amino-alcohol motifs (C(OH)–C–C–N with tert-alkyl or cyclic N) is 1. The highest BCUT2D eigenvalue weighted by molar-refractivity contribution is 5.37. The summed E-state index contributed by atoms with van der Waals surface area (Å²) in [6.07, 6.45) is 1.01. The second-order valence-corrected chi connectivity index (χ2v) is 8.49. The Morgan fingerprint density at radius 2 is 1.41 bits per heavy atom. The quantitative estimate of drug-likeness (QED) is 0.557. The Morgan fingerprint density at radius 3 is 1.94 bits per heavy atom. The minimum absolute atomic E-state index is 0.0798. The van der Waals surface area contributed by atoms with Gasteiger partial charge in [-0.2, -0.15) is 0 Å². The predicted octanol–water partition coefficient (Wildman–Crippen LogP) is 4.21. The molecule has 0 amide bonds. The lowest BCUT2D eigenvalue weighted by Gasteiger charge is -2.42. The van der Waals surface area contributed by atoms with Crippen LogP contribution in [0.25, 0.3) is 0 Å². The van der Waals surface area contributed by atoms with Gasteiger partial charge < -0.3 is 19.8 Å². The van der Waals surface area contributed by atoms with Crippen LogP contribution in [-0.4, -0.2) is 47.5 Å². The minimum Gasteiger partial charge on any atom is -0.491 e. The molecule has 1 atom stereocenters. The first-order valence-corrected chi connectivity index (χ1v) is 11.2. The normalized spacial score (nSPS) is 16.6. The summed E-state index contributed by atoms with van der Waals surface area (Å²) < 4.78 is 18.6. The number of aliphatic hydroxyl groups excluding tert-OH is 1. The van der Waals surface area contributed by atoms with Gasteiger partial charge >= 0.3 is 0 Å². The van der Waals surface area contributed by atoms with Crippen LogP contribution >= 0.6 is 0 Å². The van der Waals surface area contributed by atoms with E-state index >= 15 is 0 Å². The Bertz CT molecular complexity index is 918. The summed E-state index contributed by atoms with van der Waals surface area (Å²) in [4.78, 5) is 2.21. The molecule has 0 saturated carbocycles. The molecule has 32 heavy (non-hydrogen) atoms. The third kappa shape index (κ3) is 5.18. The fourth-order valence-electron chi connectivity index (χ4n) is 4.63. The number of aliphatic hydroxyl groups is 2. The molecule has 168 valence electrons. The summed E-state index contributed by atoms with van der Waals surface area (Å²) in [6.45, 7) is 2.24. The lowest BCUT2D eigenvalue weighted by Crippen LogP contribution is -2.46. The van der Waals surface area contributed by atoms with Crippen LogP contribution in [0.15, 0.2) is 84.9 Å². The van der Waals surface area contributed by atoms with Crippen molar-refractivity contribution in [3.8, 4) is 5.75 Å². The van der Waals surface area contributed by atoms with E-state index in [9.17, 15) is 14.6 Å². The van der Waals surface area contributed by atoms with Gasteiger partial charge in [-0.15, -0.1) is 0 Å².